The van der Waals surface area contributed by atoms with E-state index in [0.29, 0.717) is 31.5 Å². The fourth-order valence-electron chi connectivity index (χ4n) is 3.91. The fraction of sp³-hybridized carbons (Fsp3) is 0.303. The number of amidine groups is 1. The Bertz CT molecular complexity index is 1560. The molecule has 0 saturated heterocycles. The molecule has 12 nitrogen and oxygen atoms in total. The van der Waals surface area contributed by atoms with Crippen LogP contribution in [-0.2, 0) is 38.6 Å². The van der Waals surface area contributed by atoms with Gasteiger partial charge in [-0.2, -0.15) is 26.3 Å². The van der Waals surface area contributed by atoms with Crippen LogP contribution in [0.3, 0.4) is 0 Å². The summed E-state index contributed by atoms with van der Waals surface area (Å²) >= 11 is 0. The van der Waals surface area contributed by atoms with Crippen LogP contribution in [0.25, 0.3) is 0 Å². The van der Waals surface area contributed by atoms with Crippen LogP contribution in [0.2, 0.25) is 0 Å². The third-order valence-electron chi connectivity index (χ3n) is 6.56. The Kier molecular flexibility index (Phi) is 17.7. The zero-order chi connectivity index (χ0) is 38.8. The first kappa shape index (κ1) is 43.4. The molecule has 2 amide bonds. The summed E-state index contributed by atoms with van der Waals surface area (Å²) in [5.74, 6) is -5.83. The molecule has 0 fully saturated rings. The van der Waals surface area contributed by atoms with Gasteiger partial charge in [0.25, 0.3) is 0 Å². The Morgan fingerprint density at radius 2 is 1.29 bits per heavy atom. The summed E-state index contributed by atoms with van der Waals surface area (Å²) in [4.78, 5) is 43.6. The Balaban J connectivity index is 0.000000780. The first-order chi connectivity index (χ1) is 23.7. The summed E-state index contributed by atoms with van der Waals surface area (Å²) < 4.78 is 63.5. The lowest BCUT2D eigenvalue weighted by Gasteiger charge is -2.21. The molecule has 0 bridgehead atoms. The predicted octanol–water partition coefficient (Wildman–Crippen LogP) is 3.90. The molecule has 0 aliphatic rings. The predicted molar refractivity (Wildman–Crippen MR) is 173 cm³/mol. The quantitative estimate of drug-likeness (QED) is 0.0727. The van der Waals surface area contributed by atoms with E-state index < -0.39 is 36.4 Å². The van der Waals surface area contributed by atoms with Crippen molar-refractivity contribution in [3.8, 4) is 5.75 Å². The topological polar surface area (TPSA) is 215 Å². The number of halogens is 6. The van der Waals surface area contributed by atoms with E-state index in [1.807, 2.05) is 36.4 Å². The van der Waals surface area contributed by atoms with Gasteiger partial charge in [0.2, 0.25) is 11.8 Å². The van der Waals surface area contributed by atoms with Crippen molar-refractivity contribution >= 4 is 29.6 Å². The van der Waals surface area contributed by atoms with Crippen molar-refractivity contribution in [1.29, 1.82) is 5.41 Å². The molecule has 0 radical (unpaired) electrons. The van der Waals surface area contributed by atoms with E-state index in [4.69, 9.17) is 30.9 Å². The lowest BCUT2D eigenvalue weighted by molar-refractivity contribution is -0.193. The van der Waals surface area contributed by atoms with Crippen LogP contribution >= 0.6 is 0 Å². The molecule has 0 aromatic heterocycles. The van der Waals surface area contributed by atoms with Crippen LogP contribution in [0.1, 0.15) is 35.6 Å². The number of phenolic OH excluding ortho intramolecular Hbond substituents is 1. The van der Waals surface area contributed by atoms with Gasteiger partial charge in [-0.1, -0.05) is 66.7 Å². The second kappa shape index (κ2) is 20.8. The van der Waals surface area contributed by atoms with Gasteiger partial charge in [-0.05, 0) is 61.6 Å². The lowest BCUT2D eigenvalue weighted by atomic mass is 10.0. The van der Waals surface area contributed by atoms with Crippen LogP contribution in [0.5, 0.6) is 5.75 Å². The first-order valence-corrected chi connectivity index (χ1v) is 14.9. The monoisotopic (exact) mass is 729 g/mol. The molecule has 0 spiro atoms. The minimum Gasteiger partial charge on any atom is -0.508 e. The van der Waals surface area contributed by atoms with E-state index in [2.05, 4.69) is 16.0 Å². The maximum absolute atomic E-state index is 13.1. The highest BCUT2D eigenvalue weighted by molar-refractivity contribution is 5.95. The van der Waals surface area contributed by atoms with Gasteiger partial charge in [-0.15, -0.1) is 0 Å². The highest BCUT2D eigenvalue weighted by Gasteiger charge is 2.38. The van der Waals surface area contributed by atoms with Gasteiger partial charge in [0, 0.05) is 12.1 Å². The summed E-state index contributed by atoms with van der Waals surface area (Å²) in [6, 6.07) is 22.9. The zero-order valence-corrected chi connectivity index (χ0v) is 27.0. The first-order valence-electron chi connectivity index (χ1n) is 14.9. The van der Waals surface area contributed by atoms with Crippen LogP contribution in [0.4, 0.5) is 26.3 Å². The summed E-state index contributed by atoms with van der Waals surface area (Å²) in [6.07, 6.45) is -8.22. The molecule has 0 aliphatic heterocycles. The van der Waals surface area contributed by atoms with Crippen LogP contribution < -0.4 is 21.7 Å². The normalized spacial score (nSPS) is 12.1. The van der Waals surface area contributed by atoms with Gasteiger partial charge in [0.05, 0.1) is 6.04 Å². The number of aromatic hydroxyl groups is 1. The molecule has 51 heavy (non-hydrogen) atoms. The van der Waals surface area contributed by atoms with Gasteiger partial charge >= 0.3 is 24.3 Å². The second-order valence-electron chi connectivity index (χ2n) is 10.6. The molecule has 0 heterocycles. The summed E-state index contributed by atoms with van der Waals surface area (Å²) in [6.45, 7) is 2.51. The number of nitrogens with one attached hydrogen (secondary N) is 4. The van der Waals surface area contributed by atoms with E-state index in [1.54, 1.807) is 49.4 Å². The molecule has 0 saturated carbocycles. The largest absolute Gasteiger partial charge is 0.508 e. The van der Waals surface area contributed by atoms with E-state index in [-0.39, 0.29) is 23.4 Å². The van der Waals surface area contributed by atoms with Crippen LogP contribution in [0.15, 0.2) is 78.9 Å². The second-order valence-corrected chi connectivity index (χ2v) is 10.6. The van der Waals surface area contributed by atoms with Gasteiger partial charge in [-0.3, -0.25) is 15.0 Å². The Hall–Kier alpha value is -5.65. The fourth-order valence-corrected chi connectivity index (χ4v) is 3.91. The molecule has 2 atom stereocenters. The van der Waals surface area contributed by atoms with Crippen molar-refractivity contribution in [3.05, 3.63) is 101 Å². The van der Waals surface area contributed by atoms with Gasteiger partial charge < -0.3 is 37.0 Å². The molecular formula is C33H37F6N5O7. The van der Waals surface area contributed by atoms with Crippen molar-refractivity contribution < 1.29 is 60.8 Å². The Labute approximate surface area is 288 Å². The summed E-state index contributed by atoms with van der Waals surface area (Å²) in [5, 5.41) is 40.4. The third kappa shape index (κ3) is 18.1. The van der Waals surface area contributed by atoms with Gasteiger partial charge in [-0.25, -0.2) is 9.59 Å². The molecule has 0 unspecified atom stereocenters. The Morgan fingerprint density at radius 3 is 1.78 bits per heavy atom. The standard InChI is InChI=1S/C29H35N5O3.2C2HF3O2/c1-20(28(36)33-19-23-10-13-24(14-11-23)27(30)31)34-29(37)26(15-12-21-6-3-2-4-7-21)32-17-16-22-8-5-9-25(35)18-22;2*3-2(4,5)1(6)7/h2-11,13-14,18,20,26,32,35H,12,15-17,19H2,1H3,(H3,30,31)(H,33,36)(H,34,37);2*(H,6,7)/t20-,26+;;/m0../s1. The smallest absolute Gasteiger partial charge is 0.490 e. The number of phenols is 1. The van der Waals surface area contributed by atoms with Gasteiger partial charge in [0.1, 0.15) is 17.6 Å². The maximum atomic E-state index is 13.1. The number of carbonyl (C=O) groups is 4. The number of aryl methyl sites for hydroxylation is 1. The van der Waals surface area contributed by atoms with Crippen molar-refractivity contribution in [1.82, 2.24) is 16.0 Å². The highest BCUT2D eigenvalue weighted by atomic mass is 19.4. The summed E-state index contributed by atoms with van der Waals surface area (Å²) in [5.41, 5.74) is 9.07. The Morgan fingerprint density at radius 1 is 0.765 bits per heavy atom. The average molecular weight is 730 g/mol. The zero-order valence-electron chi connectivity index (χ0n) is 27.0. The number of aliphatic carboxylic acids is 2. The van der Waals surface area contributed by atoms with Crippen molar-refractivity contribution in [2.24, 2.45) is 5.73 Å². The number of alkyl halides is 6. The maximum Gasteiger partial charge on any atom is 0.490 e. The highest BCUT2D eigenvalue weighted by Crippen LogP contribution is 2.14. The van der Waals surface area contributed by atoms with Crippen LogP contribution in [-0.4, -0.2) is 75.9 Å². The number of rotatable bonds is 13. The number of nitrogens with two attached hydrogens (primary N) is 1. The molecule has 0 aliphatic carbocycles. The minimum absolute atomic E-state index is 0.00994. The number of carboxylic acids is 2. The van der Waals surface area contributed by atoms with E-state index >= 15 is 0 Å². The average Bonchev–Trinajstić information content (AvgIpc) is 3.05. The number of nitrogen functional groups attached to an aromatic ring is 1. The van der Waals surface area contributed by atoms with Crippen molar-refractivity contribution in [2.75, 3.05) is 6.54 Å². The molecule has 3 aromatic rings. The number of hydrogen-bond acceptors (Lipinski definition) is 7. The van der Waals surface area contributed by atoms with E-state index in [1.165, 1.54) is 0 Å². The van der Waals surface area contributed by atoms with Crippen LogP contribution in [0, 0.1) is 5.41 Å². The molecular weight excluding hydrogens is 692 g/mol. The molecule has 278 valence electrons. The molecule has 3 aromatic carbocycles. The van der Waals surface area contributed by atoms with Gasteiger partial charge in [0.15, 0.2) is 0 Å². The number of carbonyl (C=O) groups excluding carboxylic acids is 2. The summed E-state index contributed by atoms with van der Waals surface area (Å²) in [7, 11) is 0. The minimum atomic E-state index is -5.08. The SMILES string of the molecule is C[C@H](NC(=O)[C@@H](CCc1ccccc1)NCCc1cccc(O)c1)C(=O)NCc1ccc(C(=N)N)cc1.O=C(O)C(F)(F)F.O=C(O)C(F)(F)F. The number of benzene rings is 3. The van der Waals surface area contributed by atoms with E-state index in [9.17, 15) is 41.0 Å². The lowest BCUT2D eigenvalue weighted by Crippen LogP contribution is -2.52. The molecule has 3 rings (SSSR count). The van der Waals surface area contributed by atoms with Crippen molar-refractivity contribution in [3.63, 3.8) is 0 Å². The van der Waals surface area contributed by atoms with E-state index in [0.717, 1.165) is 23.1 Å². The number of carboxylic acid groups (broad SMARTS) is 2. The number of amides is 2. The number of hydrogen-bond donors (Lipinski definition) is 8. The third-order valence-corrected chi connectivity index (χ3v) is 6.56. The molecule has 18 heteroatoms. The van der Waals surface area contributed by atoms with Crippen molar-refractivity contribution in [2.45, 2.75) is 57.2 Å². The molecule has 9 N–H and O–H groups in total.